The fraction of sp³-hybridized carbons (Fsp3) is 0.368. The average Bonchev–Trinajstić information content (AvgIpc) is 2.58. The monoisotopic (exact) mass is 383 g/mol. The summed E-state index contributed by atoms with van der Waals surface area (Å²) in [6.07, 6.45) is 0. The molecule has 25 heavy (non-hydrogen) atoms. The normalized spacial score (nSPS) is 11.4. The molecule has 2 aromatic carbocycles. The summed E-state index contributed by atoms with van der Waals surface area (Å²) in [5, 5.41) is 13.7. The van der Waals surface area contributed by atoms with E-state index in [-0.39, 0.29) is 12.1 Å². The Balaban J connectivity index is 2.13. The zero-order valence-electron chi connectivity index (χ0n) is 14.6. The highest BCUT2D eigenvalue weighted by Crippen LogP contribution is 2.37. The SMILES string of the molecule is COc1cc(CNC(C)(C)CO)cc(Cl)c1OCc1cccc(Cl)c1. The number of nitrogens with one attached hydrogen (secondary N) is 1. The van der Waals surface area contributed by atoms with E-state index < -0.39 is 0 Å². The van der Waals surface area contributed by atoms with E-state index in [4.69, 9.17) is 32.7 Å². The van der Waals surface area contributed by atoms with E-state index in [0.29, 0.717) is 34.7 Å². The van der Waals surface area contributed by atoms with Gasteiger partial charge in [-0.15, -0.1) is 0 Å². The molecule has 2 rings (SSSR count). The maximum Gasteiger partial charge on any atom is 0.180 e. The Hall–Kier alpha value is -1.46. The van der Waals surface area contributed by atoms with Gasteiger partial charge >= 0.3 is 0 Å². The van der Waals surface area contributed by atoms with Crippen LogP contribution in [0.25, 0.3) is 0 Å². The largest absolute Gasteiger partial charge is 0.493 e. The van der Waals surface area contributed by atoms with Gasteiger partial charge in [-0.3, -0.25) is 0 Å². The average molecular weight is 384 g/mol. The molecule has 0 spiro atoms. The highest BCUT2D eigenvalue weighted by Gasteiger charge is 2.17. The maximum atomic E-state index is 9.33. The van der Waals surface area contributed by atoms with E-state index in [1.165, 1.54) is 0 Å². The molecule has 0 saturated carbocycles. The van der Waals surface area contributed by atoms with Gasteiger partial charge in [-0.2, -0.15) is 0 Å². The minimum Gasteiger partial charge on any atom is -0.493 e. The number of rotatable bonds is 8. The van der Waals surface area contributed by atoms with E-state index in [0.717, 1.165) is 11.1 Å². The number of benzene rings is 2. The minimum atomic E-state index is -0.374. The quantitative estimate of drug-likeness (QED) is 0.707. The Morgan fingerprint density at radius 3 is 2.52 bits per heavy atom. The molecular formula is C19H23Cl2NO3. The molecule has 0 radical (unpaired) electrons. The molecule has 0 atom stereocenters. The van der Waals surface area contributed by atoms with Crippen LogP contribution < -0.4 is 14.8 Å². The van der Waals surface area contributed by atoms with Crippen LogP contribution in [0.1, 0.15) is 25.0 Å². The van der Waals surface area contributed by atoms with Crippen LogP contribution in [0, 0.1) is 0 Å². The van der Waals surface area contributed by atoms with Gasteiger partial charge < -0.3 is 19.9 Å². The molecule has 6 heteroatoms. The molecular weight excluding hydrogens is 361 g/mol. The van der Waals surface area contributed by atoms with Crippen molar-refractivity contribution in [2.75, 3.05) is 13.7 Å². The van der Waals surface area contributed by atoms with Crippen molar-refractivity contribution in [2.45, 2.75) is 32.5 Å². The van der Waals surface area contributed by atoms with E-state index in [9.17, 15) is 5.11 Å². The summed E-state index contributed by atoms with van der Waals surface area (Å²) in [6, 6.07) is 11.2. The maximum absolute atomic E-state index is 9.33. The molecule has 4 nitrogen and oxygen atoms in total. The van der Waals surface area contributed by atoms with Crippen molar-refractivity contribution >= 4 is 23.2 Å². The van der Waals surface area contributed by atoms with E-state index >= 15 is 0 Å². The lowest BCUT2D eigenvalue weighted by atomic mass is 10.1. The molecule has 0 amide bonds. The number of aliphatic hydroxyl groups excluding tert-OH is 1. The van der Waals surface area contributed by atoms with Gasteiger partial charge in [0.2, 0.25) is 0 Å². The van der Waals surface area contributed by atoms with Gasteiger partial charge in [-0.05, 0) is 49.2 Å². The minimum absolute atomic E-state index is 0.0404. The Morgan fingerprint density at radius 1 is 1.12 bits per heavy atom. The molecule has 136 valence electrons. The number of aliphatic hydroxyl groups is 1. The number of halogens is 2. The summed E-state index contributed by atoms with van der Waals surface area (Å²) in [4.78, 5) is 0. The van der Waals surface area contributed by atoms with Crippen LogP contribution in [0.4, 0.5) is 0 Å². The third-order valence-corrected chi connectivity index (χ3v) is 4.24. The van der Waals surface area contributed by atoms with Crippen molar-refractivity contribution in [2.24, 2.45) is 0 Å². The number of hydrogen-bond acceptors (Lipinski definition) is 4. The first-order valence-electron chi connectivity index (χ1n) is 7.94. The lowest BCUT2D eigenvalue weighted by Gasteiger charge is -2.24. The zero-order chi connectivity index (χ0) is 18.4. The van der Waals surface area contributed by atoms with Crippen LogP contribution in [-0.4, -0.2) is 24.4 Å². The van der Waals surface area contributed by atoms with Crippen molar-refractivity contribution in [3.63, 3.8) is 0 Å². The summed E-state index contributed by atoms with van der Waals surface area (Å²) in [6.45, 7) is 4.78. The molecule has 2 N–H and O–H groups in total. The lowest BCUT2D eigenvalue weighted by molar-refractivity contribution is 0.187. The molecule has 0 saturated heterocycles. The van der Waals surface area contributed by atoms with Crippen LogP contribution in [0.15, 0.2) is 36.4 Å². The molecule has 0 aromatic heterocycles. The van der Waals surface area contributed by atoms with Crippen molar-refractivity contribution < 1.29 is 14.6 Å². The van der Waals surface area contributed by atoms with Crippen LogP contribution in [0.5, 0.6) is 11.5 Å². The van der Waals surface area contributed by atoms with Crippen LogP contribution >= 0.6 is 23.2 Å². The second kappa shape index (κ2) is 8.77. The molecule has 0 unspecified atom stereocenters. The molecule has 0 aliphatic heterocycles. The van der Waals surface area contributed by atoms with Gasteiger partial charge in [-0.25, -0.2) is 0 Å². The van der Waals surface area contributed by atoms with Crippen LogP contribution in [-0.2, 0) is 13.2 Å². The zero-order valence-corrected chi connectivity index (χ0v) is 16.1. The van der Waals surface area contributed by atoms with Gasteiger partial charge in [0.25, 0.3) is 0 Å². The number of methoxy groups -OCH3 is 1. The van der Waals surface area contributed by atoms with Crippen molar-refractivity contribution in [3.8, 4) is 11.5 Å². The number of ether oxygens (including phenoxy) is 2. The Kier molecular flexibility index (Phi) is 6.96. The fourth-order valence-electron chi connectivity index (χ4n) is 2.19. The molecule has 0 heterocycles. The van der Waals surface area contributed by atoms with Gasteiger partial charge in [0.1, 0.15) is 6.61 Å². The van der Waals surface area contributed by atoms with Gasteiger partial charge in [0, 0.05) is 17.1 Å². The highest BCUT2D eigenvalue weighted by molar-refractivity contribution is 6.32. The summed E-state index contributed by atoms with van der Waals surface area (Å²) in [7, 11) is 1.58. The van der Waals surface area contributed by atoms with Crippen molar-refractivity contribution in [3.05, 3.63) is 57.6 Å². The highest BCUT2D eigenvalue weighted by atomic mass is 35.5. The van der Waals surface area contributed by atoms with E-state index in [2.05, 4.69) is 5.32 Å². The van der Waals surface area contributed by atoms with Gasteiger partial charge in [0.15, 0.2) is 11.5 Å². The Morgan fingerprint density at radius 2 is 1.88 bits per heavy atom. The first-order chi connectivity index (χ1) is 11.8. The van der Waals surface area contributed by atoms with Crippen LogP contribution in [0.2, 0.25) is 10.0 Å². The van der Waals surface area contributed by atoms with E-state index in [1.807, 2.05) is 50.2 Å². The summed E-state index contributed by atoms with van der Waals surface area (Å²) < 4.78 is 11.3. The van der Waals surface area contributed by atoms with Crippen LogP contribution in [0.3, 0.4) is 0 Å². The molecule has 0 bridgehead atoms. The molecule has 0 aliphatic carbocycles. The fourth-order valence-corrected chi connectivity index (χ4v) is 2.70. The Labute approximate surface area is 158 Å². The van der Waals surface area contributed by atoms with Crippen molar-refractivity contribution in [1.82, 2.24) is 5.32 Å². The summed E-state index contributed by atoms with van der Waals surface area (Å²) >= 11 is 12.4. The summed E-state index contributed by atoms with van der Waals surface area (Å²) in [5.74, 6) is 1.06. The van der Waals surface area contributed by atoms with E-state index in [1.54, 1.807) is 7.11 Å². The summed E-state index contributed by atoms with van der Waals surface area (Å²) in [5.41, 5.74) is 1.51. The predicted octanol–water partition coefficient (Wildman–Crippen LogP) is 4.44. The third kappa shape index (κ3) is 5.79. The first kappa shape index (κ1) is 19.9. The molecule has 2 aromatic rings. The van der Waals surface area contributed by atoms with Gasteiger partial charge in [0.05, 0.1) is 18.7 Å². The smallest absolute Gasteiger partial charge is 0.180 e. The first-order valence-corrected chi connectivity index (χ1v) is 8.70. The standard InChI is InChI=1S/C19H23Cl2NO3/c1-19(2,12-23)22-10-14-8-16(21)18(17(9-14)24-3)25-11-13-5-4-6-15(20)7-13/h4-9,22-23H,10-12H2,1-3H3. The third-order valence-electron chi connectivity index (χ3n) is 3.73. The predicted molar refractivity (Wildman–Crippen MR) is 102 cm³/mol. The van der Waals surface area contributed by atoms with Gasteiger partial charge in [-0.1, -0.05) is 35.3 Å². The van der Waals surface area contributed by atoms with Crippen molar-refractivity contribution in [1.29, 1.82) is 0 Å². The second-order valence-corrected chi connectivity index (χ2v) is 7.27. The molecule has 0 aliphatic rings. The second-order valence-electron chi connectivity index (χ2n) is 6.42. The Bertz CT molecular complexity index is 720. The topological polar surface area (TPSA) is 50.7 Å². The number of hydrogen-bond donors (Lipinski definition) is 2. The lowest BCUT2D eigenvalue weighted by Crippen LogP contribution is -2.42. The molecule has 0 fully saturated rings.